The smallest absolute Gasteiger partial charge is 0.407 e. The van der Waals surface area contributed by atoms with Gasteiger partial charge in [-0.25, -0.2) is 9.78 Å². The number of amides is 1. The first-order valence-electron chi connectivity index (χ1n) is 8.69. The zero-order valence-corrected chi connectivity index (χ0v) is 17.2. The summed E-state index contributed by atoms with van der Waals surface area (Å²) in [5.41, 5.74) is -0.299. The number of esters is 1. The third-order valence-electron chi connectivity index (χ3n) is 5.16. The third-order valence-corrected chi connectivity index (χ3v) is 5.82. The van der Waals surface area contributed by atoms with Gasteiger partial charge in [0, 0.05) is 31.9 Å². The monoisotopic (exact) mass is 427 g/mol. The Bertz CT molecular complexity index is 667. The molecule has 1 atom stereocenters. The van der Waals surface area contributed by atoms with Crippen LogP contribution in [0.3, 0.4) is 0 Å². The van der Waals surface area contributed by atoms with Crippen molar-refractivity contribution in [3.05, 3.63) is 22.7 Å². The average Bonchev–Trinajstić information content (AvgIpc) is 2.56. The molecule has 0 aliphatic carbocycles. The second-order valence-corrected chi connectivity index (χ2v) is 8.69. The number of ether oxygens (including phenoxy) is 1. The summed E-state index contributed by atoms with van der Waals surface area (Å²) in [6.07, 6.45) is 3.11. The molecule has 8 heteroatoms. The molecule has 1 amide bonds. The van der Waals surface area contributed by atoms with Gasteiger partial charge >= 0.3 is 12.1 Å². The Hall–Kier alpha value is -1.70. The third kappa shape index (κ3) is 4.72. The first-order valence-corrected chi connectivity index (χ1v) is 9.49. The van der Waals surface area contributed by atoms with E-state index in [4.69, 9.17) is 4.74 Å². The SMILES string of the molecule is CC(OC(=O)C1(Cc2nccnc2Br)CCN(C(=O)O)CC1)C(C)(C)C. The van der Waals surface area contributed by atoms with E-state index >= 15 is 0 Å². The van der Waals surface area contributed by atoms with Gasteiger partial charge < -0.3 is 14.7 Å². The topological polar surface area (TPSA) is 92.6 Å². The van der Waals surface area contributed by atoms with Gasteiger partial charge in [-0.05, 0) is 41.1 Å². The van der Waals surface area contributed by atoms with Crippen LogP contribution < -0.4 is 0 Å². The zero-order chi connectivity index (χ0) is 19.5. The van der Waals surface area contributed by atoms with Gasteiger partial charge in [-0.15, -0.1) is 0 Å². The summed E-state index contributed by atoms with van der Waals surface area (Å²) in [4.78, 5) is 34.2. The van der Waals surface area contributed by atoms with Crippen molar-refractivity contribution in [3.8, 4) is 0 Å². The van der Waals surface area contributed by atoms with Crippen LogP contribution >= 0.6 is 15.9 Å². The van der Waals surface area contributed by atoms with Crippen molar-refractivity contribution in [3.63, 3.8) is 0 Å². The van der Waals surface area contributed by atoms with E-state index in [0.29, 0.717) is 42.6 Å². The number of aromatic nitrogens is 2. The highest BCUT2D eigenvalue weighted by atomic mass is 79.9. The molecule has 0 aromatic carbocycles. The Labute approximate surface area is 162 Å². The fraction of sp³-hybridized carbons (Fsp3) is 0.667. The summed E-state index contributed by atoms with van der Waals surface area (Å²) < 4.78 is 6.39. The molecular formula is C18H26BrN3O4. The van der Waals surface area contributed by atoms with Crippen LogP contribution in [0.2, 0.25) is 0 Å². The summed E-state index contributed by atoms with van der Waals surface area (Å²) >= 11 is 3.38. The summed E-state index contributed by atoms with van der Waals surface area (Å²) in [6.45, 7) is 8.53. The number of hydrogen-bond donors (Lipinski definition) is 1. The largest absolute Gasteiger partial charge is 0.465 e. The second kappa shape index (κ2) is 7.90. The lowest BCUT2D eigenvalue weighted by atomic mass is 9.74. The Morgan fingerprint density at radius 2 is 1.88 bits per heavy atom. The van der Waals surface area contributed by atoms with Crippen LogP contribution in [0.15, 0.2) is 17.0 Å². The first-order chi connectivity index (χ1) is 12.0. The predicted molar refractivity (Wildman–Crippen MR) is 99.7 cm³/mol. The maximum Gasteiger partial charge on any atom is 0.407 e. The number of piperidine rings is 1. The molecule has 1 fully saturated rings. The predicted octanol–water partition coefficient (Wildman–Crippen LogP) is 3.52. The van der Waals surface area contributed by atoms with Crippen molar-refractivity contribution in [1.82, 2.24) is 14.9 Å². The molecule has 2 rings (SSSR count). The van der Waals surface area contributed by atoms with Crippen LogP contribution in [0.1, 0.15) is 46.2 Å². The maximum atomic E-state index is 13.1. The van der Waals surface area contributed by atoms with Crippen molar-refractivity contribution < 1.29 is 19.4 Å². The van der Waals surface area contributed by atoms with Gasteiger partial charge in [0.05, 0.1) is 11.1 Å². The lowest BCUT2D eigenvalue weighted by Gasteiger charge is -2.40. The average molecular weight is 428 g/mol. The van der Waals surface area contributed by atoms with E-state index in [9.17, 15) is 14.7 Å². The molecule has 2 heterocycles. The van der Waals surface area contributed by atoms with Crippen LogP contribution in [-0.4, -0.2) is 51.2 Å². The van der Waals surface area contributed by atoms with E-state index in [1.807, 2.05) is 27.7 Å². The number of hydrogen-bond acceptors (Lipinski definition) is 5. The fourth-order valence-electron chi connectivity index (χ4n) is 2.83. The standard InChI is InChI=1S/C18H26BrN3O4/c1-12(17(2,3)4)26-15(23)18(5-9-22(10-6-18)16(24)25)11-13-14(19)21-8-7-20-13/h7-8,12H,5-6,9-11H2,1-4H3,(H,24,25). The molecule has 0 spiro atoms. The number of halogens is 1. The molecule has 1 aromatic rings. The molecule has 0 bridgehead atoms. The van der Waals surface area contributed by atoms with Crippen molar-refractivity contribution >= 4 is 28.0 Å². The fourth-order valence-corrected chi connectivity index (χ4v) is 3.19. The molecule has 1 unspecified atom stereocenters. The van der Waals surface area contributed by atoms with E-state index in [-0.39, 0.29) is 17.5 Å². The summed E-state index contributed by atoms with van der Waals surface area (Å²) in [5, 5.41) is 9.21. The Morgan fingerprint density at radius 1 is 1.31 bits per heavy atom. The van der Waals surface area contributed by atoms with Crippen molar-refractivity contribution in [2.75, 3.05) is 13.1 Å². The molecular weight excluding hydrogens is 402 g/mol. The molecule has 144 valence electrons. The maximum absolute atomic E-state index is 13.1. The summed E-state index contributed by atoms with van der Waals surface area (Å²) in [7, 11) is 0. The van der Waals surface area contributed by atoms with Crippen LogP contribution in [-0.2, 0) is 16.0 Å². The summed E-state index contributed by atoms with van der Waals surface area (Å²) in [6, 6.07) is 0. The molecule has 0 radical (unpaired) electrons. The first kappa shape index (κ1) is 20.6. The highest BCUT2D eigenvalue weighted by Gasteiger charge is 2.45. The van der Waals surface area contributed by atoms with Gasteiger partial charge in [0.15, 0.2) is 0 Å². The van der Waals surface area contributed by atoms with Gasteiger partial charge in [0.1, 0.15) is 10.7 Å². The van der Waals surface area contributed by atoms with Gasteiger partial charge in [0.25, 0.3) is 0 Å². The van der Waals surface area contributed by atoms with Crippen molar-refractivity contribution in [2.24, 2.45) is 10.8 Å². The molecule has 26 heavy (non-hydrogen) atoms. The molecule has 0 saturated carbocycles. The van der Waals surface area contributed by atoms with Crippen LogP contribution in [0, 0.1) is 10.8 Å². The molecule has 1 N–H and O–H groups in total. The van der Waals surface area contributed by atoms with Gasteiger partial charge in [0.2, 0.25) is 0 Å². The van der Waals surface area contributed by atoms with Crippen molar-refractivity contribution in [1.29, 1.82) is 0 Å². The number of nitrogens with zero attached hydrogens (tertiary/aromatic N) is 3. The van der Waals surface area contributed by atoms with E-state index in [1.165, 1.54) is 4.90 Å². The quantitative estimate of drug-likeness (QED) is 0.738. The highest BCUT2D eigenvalue weighted by molar-refractivity contribution is 9.10. The number of carbonyl (C=O) groups is 2. The Morgan fingerprint density at radius 3 is 2.38 bits per heavy atom. The van der Waals surface area contributed by atoms with Gasteiger partial charge in [-0.1, -0.05) is 20.8 Å². The lowest BCUT2D eigenvalue weighted by Crippen LogP contribution is -2.49. The minimum absolute atomic E-state index is 0.175. The van der Waals surface area contributed by atoms with E-state index < -0.39 is 11.5 Å². The normalized spacial score (nSPS) is 18.3. The van der Waals surface area contributed by atoms with Crippen LogP contribution in [0.25, 0.3) is 0 Å². The molecule has 1 aliphatic rings. The minimum atomic E-state index is -0.962. The number of rotatable bonds is 4. The number of likely N-dealkylation sites (tertiary alicyclic amines) is 1. The van der Waals surface area contributed by atoms with Gasteiger partial charge in [-0.2, -0.15) is 0 Å². The molecule has 1 aromatic heterocycles. The number of carbonyl (C=O) groups excluding carboxylic acids is 1. The number of carboxylic acid groups (broad SMARTS) is 1. The van der Waals surface area contributed by atoms with Gasteiger partial charge in [-0.3, -0.25) is 9.78 Å². The van der Waals surface area contributed by atoms with E-state index in [2.05, 4.69) is 25.9 Å². The Kier molecular flexibility index (Phi) is 6.26. The summed E-state index contributed by atoms with van der Waals surface area (Å²) in [5.74, 6) is -0.289. The minimum Gasteiger partial charge on any atom is -0.465 e. The van der Waals surface area contributed by atoms with E-state index in [0.717, 1.165) is 0 Å². The molecule has 1 aliphatic heterocycles. The van der Waals surface area contributed by atoms with Crippen LogP contribution in [0.4, 0.5) is 4.79 Å². The highest BCUT2D eigenvalue weighted by Crippen LogP contribution is 2.38. The Balaban J connectivity index is 2.26. The van der Waals surface area contributed by atoms with E-state index in [1.54, 1.807) is 12.4 Å². The second-order valence-electron chi connectivity index (χ2n) is 7.93. The molecule has 1 saturated heterocycles. The lowest BCUT2D eigenvalue weighted by molar-refractivity contribution is -0.169. The zero-order valence-electron chi connectivity index (χ0n) is 15.7. The van der Waals surface area contributed by atoms with Crippen LogP contribution in [0.5, 0.6) is 0 Å². The van der Waals surface area contributed by atoms with Crippen molar-refractivity contribution in [2.45, 2.75) is 53.1 Å². The molecule has 7 nitrogen and oxygen atoms in total.